The summed E-state index contributed by atoms with van der Waals surface area (Å²) in [7, 11) is 0. The van der Waals surface area contributed by atoms with Gasteiger partial charge in [0.25, 0.3) is 0 Å². The summed E-state index contributed by atoms with van der Waals surface area (Å²) in [5, 5.41) is 11.4. The molecule has 0 atom stereocenters. The van der Waals surface area contributed by atoms with Crippen molar-refractivity contribution >= 4 is 22.6 Å². The Morgan fingerprint density at radius 3 is 2.77 bits per heavy atom. The van der Waals surface area contributed by atoms with Gasteiger partial charge in [0.1, 0.15) is 0 Å². The van der Waals surface area contributed by atoms with Crippen molar-refractivity contribution in [2.24, 2.45) is 0 Å². The molecule has 0 saturated heterocycles. The first-order chi connectivity index (χ1) is 5.75. The second-order valence-corrected chi connectivity index (χ2v) is 2.78. The van der Waals surface area contributed by atoms with Crippen molar-refractivity contribution in [2.45, 2.75) is 0 Å². The van der Waals surface area contributed by atoms with Crippen LogP contribution in [-0.4, -0.2) is 9.97 Å². The number of rotatable bonds is 0. The van der Waals surface area contributed by atoms with Crippen molar-refractivity contribution in [3.8, 4) is 5.88 Å². The Morgan fingerprint density at radius 1 is 1.23 bits per heavy atom. The molecule has 2 aromatic rings. The third-order valence-corrected chi connectivity index (χ3v) is 1.72. The van der Waals surface area contributed by atoms with Crippen molar-refractivity contribution < 1.29 is 34.7 Å². The van der Waals surface area contributed by atoms with Crippen LogP contribution in [0.1, 0.15) is 0 Å². The van der Waals surface area contributed by atoms with Gasteiger partial charge in [-0.05, 0) is 18.2 Å². The number of hydrogen-bond donors (Lipinski definition) is 0. The quantitative estimate of drug-likeness (QED) is 0.482. The summed E-state index contributed by atoms with van der Waals surface area (Å²) in [6, 6.07) is 5.02. The summed E-state index contributed by atoms with van der Waals surface area (Å²) < 4.78 is 0. The molecule has 0 unspecified atom stereocenters. The Morgan fingerprint density at radius 2 is 2.00 bits per heavy atom. The molecule has 0 fully saturated rings. The smallest absolute Gasteiger partial charge is 0.858 e. The van der Waals surface area contributed by atoms with Gasteiger partial charge < -0.3 is 5.11 Å². The van der Waals surface area contributed by atoms with E-state index >= 15 is 0 Å². The Bertz CT molecular complexity index is 394. The van der Waals surface area contributed by atoms with Crippen LogP contribution in [0.25, 0.3) is 11.0 Å². The van der Waals surface area contributed by atoms with Crippen LogP contribution in [0.15, 0.2) is 24.4 Å². The van der Waals surface area contributed by atoms with E-state index in [-0.39, 0.29) is 35.4 Å². The fourth-order valence-electron chi connectivity index (χ4n) is 0.967. The van der Waals surface area contributed by atoms with Crippen molar-refractivity contribution in [1.29, 1.82) is 0 Å². The third-order valence-electron chi connectivity index (χ3n) is 1.48. The summed E-state index contributed by atoms with van der Waals surface area (Å²) in [6.07, 6.45) is 1.18. The van der Waals surface area contributed by atoms with Crippen LogP contribution in [0.3, 0.4) is 0 Å². The van der Waals surface area contributed by atoms with Gasteiger partial charge in [0, 0.05) is 17.1 Å². The molecule has 3 nitrogen and oxygen atoms in total. The van der Waals surface area contributed by atoms with Gasteiger partial charge >= 0.3 is 29.6 Å². The second-order valence-electron chi connectivity index (χ2n) is 2.34. The average molecular weight is 203 g/mol. The Balaban J connectivity index is 0.000000845. The summed E-state index contributed by atoms with van der Waals surface area (Å²) >= 11 is 5.71. The fourth-order valence-corrected chi connectivity index (χ4v) is 1.13. The molecule has 0 aliphatic rings. The van der Waals surface area contributed by atoms with Gasteiger partial charge in [-0.2, -0.15) is 0 Å². The first-order valence-electron chi connectivity index (χ1n) is 3.35. The minimum atomic E-state index is -0.329. The van der Waals surface area contributed by atoms with E-state index in [1.165, 1.54) is 6.20 Å². The number of fused-ring (bicyclic) bond motifs is 1. The molecule has 0 aliphatic carbocycles. The predicted octanol–water partition coefficient (Wildman–Crippen LogP) is -1.64. The first kappa shape index (κ1) is 10.7. The molecular formula is C8H4ClN2NaO. The Labute approximate surface area is 102 Å². The molecule has 60 valence electrons. The van der Waals surface area contributed by atoms with Gasteiger partial charge in [-0.15, -0.1) is 0 Å². The molecule has 0 saturated carbocycles. The molecule has 0 radical (unpaired) electrons. The molecule has 1 aromatic carbocycles. The van der Waals surface area contributed by atoms with E-state index in [9.17, 15) is 5.11 Å². The van der Waals surface area contributed by atoms with E-state index in [4.69, 9.17) is 11.6 Å². The maximum absolute atomic E-state index is 10.8. The maximum Gasteiger partial charge on any atom is 1.00 e. The molecule has 0 aliphatic heterocycles. The van der Waals surface area contributed by atoms with Gasteiger partial charge in [0.05, 0.1) is 11.0 Å². The molecular weight excluding hydrogens is 199 g/mol. The predicted molar refractivity (Wildman–Crippen MR) is 44.0 cm³/mol. The van der Waals surface area contributed by atoms with Crippen LogP contribution >= 0.6 is 11.6 Å². The van der Waals surface area contributed by atoms with E-state index < -0.39 is 0 Å². The van der Waals surface area contributed by atoms with Crippen molar-refractivity contribution in [1.82, 2.24) is 9.97 Å². The number of aromatic nitrogens is 2. The zero-order chi connectivity index (χ0) is 8.55. The zero-order valence-electron chi connectivity index (χ0n) is 6.99. The summed E-state index contributed by atoms with van der Waals surface area (Å²) in [5.41, 5.74) is 1.22. The normalized spacial score (nSPS) is 9.62. The summed E-state index contributed by atoms with van der Waals surface area (Å²) in [4.78, 5) is 7.62. The first-order valence-corrected chi connectivity index (χ1v) is 3.73. The maximum atomic E-state index is 10.8. The van der Waals surface area contributed by atoms with Crippen molar-refractivity contribution in [2.75, 3.05) is 0 Å². The Kier molecular flexibility index (Phi) is 3.50. The van der Waals surface area contributed by atoms with Gasteiger partial charge in [-0.25, -0.2) is 0 Å². The van der Waals surface area contributed by atoms with Crippen molar-refractivity contribution in [3.63, 3.8) is 0 Å². The standard InChI is InChI=1S/C8H5ClN2O.Na/c9-5-1-2-6-7(3-5)10-4-8(12)11-6;/h1-4H,(H,11,12);/q;+1/p-1. The summed E-state index contributed by atoms with van der Waals surface area (Å²) in [5.74, 6) is -0.329. The minimum absolute atomic E-state index is 0. The van der Waals surface area contributed by atoms with E-state index in [1.807, 2.05) is 0 Å². The molecule has 0 bridgehead atoms. The average Bonchev–Trinajstić information content (AvgIpc) is 2.05. The monoisotopic (exact) mass is 202 g/mol. The van der Waals surface area contributed by atoms with E-state index in [0.29, 0.717) is 16.1 Å². The SMILES string of the molecule is [Na+].[O-]c1cnc2cc(Cl)ccc2n1. The summed E-state index contributed by atoms with van der Waals surface area (Å²) in [6.45, 7) is 0. The van der Waals surface area contributed by atoms with Crippen LogP contribution in [0, 0.1) is 0 Å². The molecule has 13 heavy (non-hydrogen) atoms. The molecule has 1 heterocycles. The van der Waals surface area contributed by atoms with Crippen LogP contribution in [0.2, 0.25) is 5.02 Å². The van der Waals surface area contributed by atoms with Crippen LogP contribution < -0.4 is 34.7 Å². The van der Waals surface area contributed by atoms with Crippen LogP contribution in [0.5, 0.6) is 5.88 Å². The molecule has 5 heteroatoms. The largest absolute Gasteiger partial charge is 1.00 e. The van der Waals surface area contributed by atoms with Crippen LogP contribution in [0.4, 0.5) is 0 Å². The van der Waals surface area contributed by atoms with Gasteiger partial charge in [0.2, 0.25) is 0 Å². The zero-order valence-corrected chi connectivity index (χ0v) is 9.75. The van der Waals surface area contributed by atoms with Crippen LogP contribution in [-0.2, 0) is 0 Å². The second kappa shape index (κ2) is 4.24. The molecule has 0 N–H and O–H groups in total. The van der Waals surface area contributed by atoms with Crippen molar-refractivity contribution in [3.05, 3.63) is 29.4 Å². The van der Waals surface area contributed by atoms with Gasteiger partial charge in [-0.1, -0.05) is 11.6 Å². The number of hydrogen-bond acceptors (Lipinski definition) is 3. The number of nitrogens with zero attached hydrogens (tertiary/aromatic N) is 2. The minimum Gasteiger partial charge on any atom is -0.858 e. The number of halogens is 1. The number of benzene rings is 1. The third kappa shape index (κ3) is 2.31. The van der Waals surface area contributed by atoms with E-state index in [2.05, 4.69) is 9.97 Å². The molecule has 0 amide bonds. The van der Waals surface area contributed by atoms with E-state index in [1.54, 1.807) is 18.2 Å². The van der Waals surface area contributed by atoms with Gasteiger partial charge in [0.15, 0.2) is 0 Å². The Hall–Kier alpha value is -0.350. The molecule has 1 aromatic heterocycles. The fraction of sp³-hybridized carbons (Fsp3) is 0. The molecule has 2 rings (SSSR count). The van der Waals surface area contributed by atoms with Gasteiger partial charge in [-0.3, -0.25) is 9.97 Å². The topological polar surface area (TPSA) is 48.8 Å². The van der Waals surface area contributed by atoms with E-state index in [0.717, 1.165) is 0 Å². The molecule has 0 spiro atoms.